The average molecular weight is 250 g/mol. The van der Waals surface area contributed by atoms with E-state index in [0.29, 0.717) is 11.0 Å². The Hall–Kier alpha value is -1.63. The van der Waals surface area contributed by atoms with Crippen LogP contribution in [0.25, 0.3) is 11.0 Å². The second-order valence-corrected chi connectivity index (χ2v) is 4.67. The van der Waals surface area contributed by atoms with E-state index in [-0.39, 0.29) is 6.42 Å². The average Bonchev–Trinajstić information content (AvgIpc) is 2.77. The number of imidazole rings is 1. The first-order valence-electron chi connectivity index (χ1n) is 5.83. The highest BCUT2D eigenvalue weighted by molar-refractivity contribution is 5.75. The van der Waals surface area contributed by atoms with Gasteiger partial charge in [-0.2, -0.15) is 0 Å². The molecular formula is C12H14N2O4. The summed E-state index contributed by atoms with van der Waals surface area (Å²) in [6.45, 7) is 0. The molecule has 6 heteroatoms. The predicted molar refractivity (Wildman–Crippen MR) is 64.2 cm³/mol. The summed E-state index contributed by atoms with van der Waals surface area (Å²) >= 11 is 0. The van der Waals surface area contributed by atoms with Crippen molar-refractivity contribution >= 4 is 11.0 Å². The Balaban J connectivity index is 2.20. The normalized spacial score (nSPS) is 32.2. The van der Waals surface area contributed by atoms with Gasteiger partial charge < -0.3 is 20.3 Å². The number of para-hydroxylation sites is 2. The van der Waals surface area contributed by atoms with Crippen molar-refractivity contribution < 1.29 is 15.3 Å². The van der Waals surface area contributed by atoms with Gasteiger partial charge in [-0.3, -0.25) is 4.57 Å². The van der Waals surface area contributed by atoms with Crippen molar-refractivity contribution in [3.05, 3.63) is 34.7 Å². The maximum absolute atomic E-state index is 11.9. The lowest BCUT2D eigenvalue weighted by Gasteiger charge is -2.20. The fourth-order valence-corrected chi connectivity index (χ4v) is 2.68. The van der Waals surface area contributed by atoms with Crippen LogP contribution in [0.15, 0.2) is 29.1 Å². The molecule has 0 aliphatic heterocycles. The second-order valence-electron chi connectivity index (χ2n) is 4.67. The Morgan fingerprint density at radius 3 is 2.56 bits per heavy atom. The summed E-state index contributed by atoms with van der Waals surface area (Å²) in [5.74, 6) is 0. The van der Waals surface area contributed by atoms with E-state index in [0.717, 1.165) is 0 Å². The molecule has 1 saturated carbocycles. The van der Waals surface area contributed by atoms with E-state index < -0.39 is 30.0 Å². The van der Waals surface area contributed by atoms with Crippen molar-refractivity contribution in [2.24, 2.45) is 0 Å². The molecule has 0 bridgehead atoms. The van der Waals surface area contributed by atoms with Gasteiger partial charge in [-0.05, 0) is 12.1 Å². The Kier molecular flexibility index (Phi) is 2.51. The minimum atomic E-state index is -1.14. The summed E-state index contributed by atoms with van der Waals surface area (Å²) in [7, 11) is 0. The fraction of sp³-hybridized carbons (Fsp3) is 0.417. The number of rotatable bonds is 1. The monoisotopic (exact) mass is 250 g/mol. The molecule has 4 N–H and O–H groups in total. The first kappa shape index (κ1) is 11.5. The number of aromatic nitrogens is 2. The van der Waals surface area contributed by atoms with Gasteiger partial charge in [0.05, 0.1) is 29.3 Å². The molecule has 3 rings (SSSR count). The van der Waals surface area contributed by atoms with Gasteiger partial charge in [-0.15, -0.1) is 0 Å². The zero-order valence-corrected chi connectivity index (χ0v) is 9.52. The zero-order chi connectivity index (χ0) is 12.9. The number of nitrogens with one attached hydrogen (secondary N) is 1. The van der Waals surface area contributed by atoms with Crippen LogP contribution >= 0.6 is 0 Å². The summed E-state index contributed by atoms with van der Waals surface area (Å²) < 4.78 is 1.32. The minimum absolute atomic E-state index is 0.0672. The summed E-state index contributed by atoms with van der Waals surface area (Å²) in [6, 6.07) is 6.23. The van der Waals surface area contributed by atoms with Crippen molar-refractivity contribution in [3.63, 3.8) is 0 Å². The highest BCUT2D eigenvalue weighted by Gasteiger charge is 2.43. The largest absolute Gasteiger partial charge is 0.391 e. The zero-order valence-electron chi connectivity index (χ0n) is 9.52. The fourth-order valence-electron chi connectivity index (χ4n) is 2.68. The van der Waals surface area contributed by atoms with Crippen LogP contribution in [0.5, 0.6) is 0 Å². The molecule has 2 aromatic rings. The van der Waals surface area contributed by atoms with Gasteiger partial charge in [0.2, 0.25) is 0 Å². The standard InChI is InChI=1S/C12H14N2O4/c15-8-5-9(16)11(17)10(8)14-7-4-2-1-3-6(7)13-12(14)18/h1-4,8-11,15-17H,5H2,(H,13,18)/t8-,9+,10+,11+/m0/s1. The number of aliphatic hydroxyl groups excluding tert-OH is 3. The summed E-state index contributed by atoms with van der Waals surface area (Å²) in [5, 5.41) is 29.4. The van der Waals surface area contributed by atoms with Crippen molar-refractivity contribution in [1.29, 1.82) is 0 Å². The molecule has 96 valence electrons. The number of nitrogens with zero attached hydrogens (tertiary/aromatic N) is 1. The van der Waals surface area contributed by atoms with Gasteiger partial charge >= 0.3 is 5.69 Å². The Labute approximate surface area is 102 Å². The highest BCUT2D eigenvalue weighted by atomic mass is 16.3. The molecule has 0 saturated heterocycles. The maximum atomic E-state index is 11.9. The van der Waals surface area contributed by atoms with Crippen molar-refractivity contribution in [2.45, 2.75) is 30.8 Å². The highest BCUT2D eigenvalue weighted by Crippen LogP contribution is 2.32. The smallest absolute Gasteiger partial charge is 0.326 e. The van der Waals surface area contributed by atoms with E-state index in [4.69, 9.17) is 0 Å². The van der Waals surface area contributed by atoms with Gasteiger partial charge in [0, 0.05) is 6.42 Å². The van der Waals surface area contributed by atoms with Gasteiger partial charge in [0.1, 0.15) is 6.10 Å². The number of hydrogen-bond donors (Lipinski definition) is 4. The molecule has 1 heterocycles. The quantitative estimate of drug-likeness (QED) is 0.541. The van der Waals surface area contributed by atoms with Crippen LogP contribution in [0, 0.1) is 0 Å². The Bertz CT molecular complexity index is 632. The van der Waals surface area contributed by atoms with E-state index in [9.17, 15) is 20.1 Å². The van der Waals surface area contributed by atoms with Crippen LogP contribution in [0.3, 0.4) is 0 Å². The van der Waals surface area contributed by atoms with Crippen LogP contribution in [-0.2, 0) is 0 Å². The second kappa shape index (κ2) is 3.94. The van der Waals surface area contributed by atoms with Crippen molar-refractivity contribution in [3.8, 4) is 0 Å². The third-order valence-electron chi connectivity index (χ3n) is 3.54. The topological polar surface area (TPSA) is 98.5 Å². The number of aliphatic hydroxyl groups is 3. The first-order valence-corrected chi connectivity index (χ1v) is 5.83. The Morgan fingerprint density at radius 2 is 1.89 bits per heavy atom. The van der Waals surface area contributed by atoms with Crippen LogP contribution in [0.4, 0.5) is 0 Å². The summed E-state index contributed by atoms with van der Waals surface area (Å²) in [6.07, 6.45) is -3.02. The van der Waals surface area contributed by atoms with Gasteiger partial charge in [0.15, 0.2) is 0 Å². The summed E-state index contributed by atoms with van der Waals surface area (Å²) in [4.78, 5) is 14.6. The van der Waals surface area contributed by atoms with E-state index >= 15 is 0 Å². The number of hydrogen-bond acceptors (Lipinski definition) is 4. The van der Waals surface area contributed by atoms with Crippen LogP contribution < -0.4 is 5.69 Å². The lowest BCUT2D eigenvalue weighted by molar-refractivity contribution is 0.0187. The molecular weight excluding hydrogens is 236 g/mol. The third kappa shape index (κ3) is 1.50. The van der Waals surface area contributed by atoms with Crippen molar-refractivity contribution in [1.82, 2.24) is 9.55 Å². The lowest BCUT2D eigenvalue weighted by Crippen LogP contribution is -2.35. The molecule has 0 radical (unpaired) electrons. The third-order valence-corrected chi connectivity index (χ3v) is 3.54. The predicted octanol–water partition coefficient (Wildman–Crippen LogP) is -0.643. The SMILES string of the molecule is O=c1[nH]c2ccccc2n1[C@H]1[C@H](O)[C@H](O)C[C@@H]1O. The molecule has 1 aromatic heterocycles. The Morgan fingerprint density at radius 1 is 1.17 bits per heavy atom. The van der Waals surface area contributed by atoms with Crippen LogP contribution in [0.1, 0.15) is 12.5 Å². The number of fused-ring (bicyclic) bond motifs is 1. The lowest BCUT2D eigenvalue weighted by atomic mass is 10.1. The van der Waals surface area contributed by atoms with Crippen LogP contribution in [-0.4, -0.2) is 43.2 Å². The summed E-state index contributed by atoms with van der Waals surface area (Å²) in [5.41, 5.74) is 0.858. The van der Waals surface area contributed by atoms with E-state index in [1.165, 1.54) is 4.57 Å². The number of aromatic amines is 1. The van der Waals surface area contributed by atoms with E-state index in [1.807, 2.05) is 0 Å². The van der Waals surface area contributed by atoms with E-state index in [1.54, 1.807) is 24.3 Å². The molecule has 18 heavy (non-hydrogen) atoms. The molecule has 1 fully saturated rings. The molecule has 0 unspecified atom stereocenters. The number of benzene rings is 1. The minimum Gasteiger partial charge on any atom is -0.391 e. The van der Waals surface area contributed by atoms with Gasteiger partial charge in [0.25, 0.3) is 0 Å². The van der Waals surface area contributed by atoms with Crippen molar-refractivity contribution in [2.75, 3.05) is 0 Å². The molecule has 1 aliphatic rings. The molecule has 1 aliphatic carbocycles. The molecule has 1 aromatic carbocycles. The molecule has 6 nitrogen and oxygen atoms in total. The molecule has 4 atom stereocenters. The van der Waals surface area contributed by atoms with Gasteiger partial charge in [-0.25, -0.2) is 4.79 Å². The van der Waals surface area contributed by atoms with Gasteiger partial charge in [-0.1, -0.05) is 12.1 Å². The number of H-pyrrole nitrogens is 1. The van der Waals surface area contributed by atoms with Crippen LogP contribution in [0.2, 0.25) is 0 Å². The maximum Gasteiger partial charge on any atom is 0.326 e. The molecule has 0 amide bonds. The molecule has 0 spiro atoms. The van der Waals surface area contributed by atoms with E-state index in [2.05, 4.69) is 4.98 Å². The first-order chi connectivity index (χ1) is 8.59.